The molecule has 0 aliphatic rings. The van der Waals surface area contributed by atoms with Gasteiger partial charge in [-0.25, -0.2) is 4.39 Å². The zero-order valence-corrected chi connectivity index (χ0v) is 7.62. The molecule has 0 aliphatic heterocycles. The van der Waals surface area contributed by atoms with Crippen molar-refractivity contribution < 1.29 is 4.39 Å². The average Bonchev–Trinajstić information content (AvgIpc) is 2.08. The van der Waals surface area contributed by atoms with Crippen LogP contribution >= 0.6 is 15.9 Å². The van der Waals surface area contributed by atoms with Gasteiger partial charge in [-0.1, -0.05) is 17.2 Å². The number of rotatable bonds is 2. The number of nitrogens with zero attached hydrogens (tertiary/aromatic N) is 3. The van der Waals surface area contributed by atoms with Crippen LogP contribution in [0.1, 0.15) is 5.56 Å². The van der Waals surface area contributed by atoms with Crippen molar-refractivity contribution >= 4 is 15.9 Å². The zero-order valence-electron chi connectivity index (χ0n) is 6.04. The molecular weight excluding hydrogens is 225 g/mol. The van der Waals surface area contributed by atoms with E-state index in [-0.39, 0.29) is 12.4 Å². The first-order valence-electron chi connectivity index (χ1n) is 3.19. The van der Waals surface area contributed by atoms with Crippen LogP contribution in [0.4, 0.5) is 4.39 Å². The molecule has 0 radical (unpaired) electrons. The minimum atomic E-state index is -0.370. The Morgan fingerprint density at radius 3 is 3.00 bits per heavy atom. The maximum atomic E-state index is 13.1. The Bertz CT molecular complexity index is 333. The van der Waals surface area contributed by atoms with E-state index in [9.17, 15) is 4.39 Å². The van der Waals surface area contributed by atoms with Crippen molar-refractivity contribution in [1.29, 1.82) is 0 Å². The molecule has 0 heterocycles. The summed E-state index contributed by atoms with van der Waals surface area (Å²) in [6.07, 6.45) is 0. The van der Waals surface area contributed by atoms with E-state index in [4.69, 9.17) is 5.53 Å². The van der Waals surface area contributed by atoms with Crippen LogP contribution < -0.4 is 0 Å². The zero-order chi connectivity index (χ0) is 8.97. The molecule has 0 atom stereocenters. The number of hydrogen-bond acceptors (Lipinski definition) is 1. The highest BCUT2D eigenvalue weighted by Gasteiger charge is 2.03. The van der Waals surface area contributed by atoms with Crippen LogP contribution in [0.15, 0.2) is 27.8 Å². The maximum Gasteiger partial charge on any atom is 0.140 e. The monoisotopic (exact) mass is 229 g/mol. The molecule has 3 nitrogen and oxygen atoms in total. The molecule has 0 amide bonds. The number of azide groups is 1. The molecule has 0 bridgehead atoms. The van der Waals surface area contributed by atoms with Gasteiger partial charge in [0.15, 0.2) is 0 Å². The fourth-order valence-corrected chi connectivity index (χ4v) is 1.19. The van der Waals surface area contributed by atoms with E-state index in [1.807, 2.05) is 0 Å². The SMILES string of the molecule is [N-]=[N+]=NCc1cccc(Br)c1F. The van der Waals surface area contributed by atoms with Crippen molar-refractivity contribution in [2.45, 2.75) is 6.54 Å². The minimum Gasteiger partial charge on any atom is -0.205 e. The van der Waals surface area contributed by atoms with E-state index < -0.39 is 0 Å². The predicted molar refractivity (Wildman–Crippen MR) is 47.0 cm³/mol. The second-order valence-corrected chi connectivity index (χ2v) is 2.96. The van der Waals surface area contributed by atoms with Crippen LogP contribution in [0.3, 0.4) is 0 Å². The Kier molecular flexibility index (Phi) is 3.08. The van der Waals surface area contributed by atoms with Gasteiger partial charge < -0.3 is 0 Å². The van der Waals surface area contributed by atoms with Gasteiger partial charge in [-0.15, -0.1) is 0 Å². The molecule has 62 valence electrons. The van der Waals surface area contributed by atoms with Gasteiger partial charge in [-0.05, 0) is 33.1 Å². The molecule has 0 fully saturated rings. The molecule has 1 rings (SSSR count). The van der Waals surface area contributed by atoms with Crippen LogP contribution in [-0.2, 0) is 6.54 Å². The molecule has 0 unspecified atom stereocenters. The fourth-order valence-electron chi connectivity index (χ4n) is 0.778. The summed E-state index contributed by atoms with van der Waals surface area (Å²) in [7, 11) is 0. The Labute approximate surface area is 77.0 Å². The van der Waals surface area contributed by atoms with Gasteiger partial charge in [0.05, 0.1) is 11.0 Å². The quantitative estimate of drug-likeness (QED) is 0.424. The number of halogens is 2. The van der Waals surface area contributed by atoms with Crippen LogP contribution in [0.5, 0.6) is 0 Å². The molecule has 0 aromatic heterocycles. The summed E-state index contributed by atoms with van der Waals surface area (Å²) >= 11 is 3.03. The van der Waals surface area contributed by atoms with Gasteiger partial charge >= 0.3 is 0 Å². The molecule has 0 spiro atoms. The van der Waals surface area contributed by atoms with Crippen molar-refractivity contribution in [2.24, 2.45) is 5.11 Å². The Balaban J connectivity index is 2.99. The van der Waals surface area contributed by atoms with E-state index in [1.54, 1.807) is 18.2 Å². The van der Waals surface area contributed by atoms with Crippen molar-refractivity contribution in [3.63, 3.8) is 0 Å². The van der Waals surface area contributed by atoms with Crippen molar-refractivity contribution in [1.82, 2.24) is 0 Å². The van der Waals surface area contributed by atoms with Crippen LogP contribution in [0, 0.1) is 5.82 Å². The topological polar surface area (TPSA) is 48.8 Å². The maximum absolute atomic E-state index is 13.1. The van der Waals surface area contributed by atoms with Gasteiger partial charge in [0, 0.05) is 4.91 Å². The summed E-state index contributed by atoms with van der Waals surface area (Å²) in [6.45, 7) is 0.0434. The molecule has 0 N–H and O–H groups in total. The lowest BCUT2D eigenvalue weighted by molar-refractivity contribution is 0.604. The lowest BCUT2D eigenvalue weighted by atomic mass is 10.2. The highest BCUT2D eigenvalue weighted by molar-refractivity contribution is 9.10. The third-order valence-electron chi connectivity index (χ3n) is 1.34. The standard InChI is InChI=1S/C7H5BrFN3/c8-6-3-1-2-5(7(6)9)4-11-12-10/h1-3H,4H2. The molecule has 0 aliphatic carbocycles. The van der Waals surface area contributed by atoms with E-state index in [2.05, 4.69) is 26.0 Å². The van der Waals surface area contributed by atoms with E-state index >= 15 is 0 Å². The molecule has 12 heavy (non-hydrogen) atoms. The third kappa shape index (κ3) is 1.96. The number of hydrogen-bond donors (Lipinski definition) is 0. The summed E-state index contributed by atoms with van der Waals surface area (Å²) in [4.78, 5) is 2.54. The molecule has 1 aromatic rings. The van der Waals surface area contributed by atoms with Gasteiger partial charge in [-0.2, -0.15) is 0 Å². The summed E-state index contributed by atoms with van der Waals surface area (Å²) in [6, 6.07) is 4.86. The van der Waals surface area contributed by atoms with Crippen LogP contribution in [0.2, 0.25) is 0 Å². The van der Waals surface area contributed by atoms with Crippen molar-refractivity contribution in [3.05, 3.63) is 44.5 Å². The first kappa shape index (κ1) is 9.03. The largest absolute Gasteiger partial charge is 0.205 e. The Morgan fingerprint density at radius 1 is 1.58 bits per heavy atom. The smallest absolute Gasteiger partial charge is 0.140 e. The van der Waals surface area contributed by atoms with Gasteiger partial charge in [0.25, 0.3) is 0 Å². The van der Waals surface area contributed by atoms with E-state index in [1.165, 1.54) is 0 Å². The third-order valence-corrected chi connectivity index (χ3v) is 1.95. The normalized spacial score (nSPS) is 9.17. The van der Waals surface area contributed by atoms with Gasteiger partial charge in [0.1, 0.15) is 5.82 Å². The highest BCUT2D eigenvalue weighted by atomic mass is 79.9. The van der Waals surface area contributed by atoms with Gasteiger partial charge in [0.2, 0.25) is 0 Å². The van der Waals surface area contributed by atoms with Gasteiger partial charge in [-0.3, -0.25) is 0 Å². The summed E-state index contributed by atoms with van der Waals surface area (Å²) in [5.74, 6) is -0.370. The molecule has 0 saturated carbocycles. The average molecular weight is 230 g/mol. The summed E-state index contributed by atoms with van der Waals surface area (Å²) in [5, 5.41) is 3.26. The second-order valence-electron chi connectivity index (χ2n) is 2.10. The Morgan fingerprint density at radius 2 is 2.33 bits per heavy atom. The van der Waals surface area contributed by atoms with Crippen molar-refractivity contribution in [2.75, 3.05) is 0 Å². The predicted octanol–water partition coefficient (Wildman–Crippen LogP) is 3.40. The summed E-state index contributed by atoms with van der Waals surface area (Å²) in [5.41, 5.74) is 8.40. The highest BCUT2D eigenvalue weighted by Crippen LogP contribution is 2.18. The molecule has 1 aromatic carbocycles. The van der Waals surface area contributed by atoms with Crippen LogP contribution in [0.25, 0.3) is 10.4 Å². The summed E-state index contributed by atoms with van der Waals surface area (Å²) < 4.78 is 13.5. The molecular formula is C7H5BrFN3. The fraction of sp³-hybridized carbons (Fsp3) is 0.143. The molecule has 0 saturated heterocycles. The van der Waals surface area contributed by atoms with E-state index in [0.717, 1.165) is 0 Å². The van der Waals surface area contributed by atoms with E-state index in [0.29, 0.717) is 10.0 Å². The first-order valence-corrected chi connectivity index (χ1v) is 3.98. The Hall–Kier alpha value is -1.06. The van der Waals surface area contributed by atoms with Crippen molar-refractivity contribution in [3.8, 4) is 0 Å². The lowest BCUT2D eigenvalue weighted by Crippen LogP contribution is -1.87. The van der Waals surface area contributed by atoms with Crippen LogP contribution in [-0.4, -0.2) is 0 Å². The molecule has 5 heteroatoms. The first-order chi connectivity index (χ1) is 5.75. The minimum absolute atomic E-state index is 0.0434. The number of benzene rings is 1. The second kappa shape index (κ2) is 4.09. The lowest BCUT2D eigenvalue weighted by Gasteiger charge is -1.99.